The predicted molar refractivity (Wildman–Crippen MR) is 68.8 cm³/mol. The minimum absolute atomic E-state index is 0.451. The van der Waals surface area contributed by atoms with Gasteiger partial charge in [0.2, 0.25) is 0 Å². The zero-order valence-electron chi connectivity index (χ0n) is 11.3. The highest BCUT2D eigenvalue weighted by Gasteiger charge is 2.23. The number of hydrogen-bond acceptors (Lipinski definition) is 3. The second kappa shape index (κ2) is 7.25. The number of nitrogens with zero attached hydrogens (tertiary/aromatic N) is 1. The van der Waals surface area contributed by atoms with Gasteiger partial charge in [-0.05, 0) is 32.9 Å². The Labute approximate surface area is 101 Å². The molecule has 1 rings (SSSR count). The van der Waals surface area contributed by atoms with Crippen LogP contribution in [-0.4, -0.2) is 51.3 Å². The fourth-order valence-electron chi connectivity index (χ4n) is 2.73. The molecular weight excluding hydrogens is 200 g/mol. The highest BCUT2D eigenvalue weighted by molar-refractivity contribution is 4.79. The van der Waals surface area contributed by atoms with E-state index in [0.29, 0.717) is 6.04 Å². The Balaban J connectivity index is 2.34. The van der Waals surface area contributed by atoms with Gasteiger partial charge >= 0.3 is 0 Å². The Morgan fingerprint density at radius 1 is 1.44 bits per heavy atom. The van der Waals surface area contributed by atoms with Gasteiger partial charge < -0.3 is 15.0 Å². The molecule has 96 valence electrons. The van der Waals surface area contributed by atoms with E-state index in [0.717, 1.165) is 25.1 Å². The highest BCUT2D eigenvalue weighted by atomic mass is 16.5. The van der Waals surface area contributed by atoms with Crippen LogP contribution in [0, 0.1) is 5.92 Å². The largest absolute Gasteiger partial charge is 0.383 e. The minimum Gasteiger partial charge on any atom is -0.383 e. The molecule has 0 aromatic carbocycles. The van der Waals surface area contributed by atoms with E-state index in [1.807, 2.05) is 7.05 Å². The standard InChI is InChI=1S/C13H28N2O/c1-11-6-5-7-13(8-11)15(3)9-12(14-2)10-16-4/h11-14H,5-10H2,1-4H3. The molecule has 0 bridgehead atoms. The number of hydrogen-bond donors (Lipinski definition) is 1. The molecule has 0 aromatic heterocycles. The number of methoxy groups -OCH3 is 1. The van der Waals surface area contributed by atoms with Gasteiger partial charge in [0, 0.05) is 25.7 Å². The smallest absolute Gasteiger partial charge is 0.0628 e. The summed E-state index contributed by atoms with van der Waals surface area (Å²) in [6.45, 7) is 4.26. The summed E-state index contributed by atoms with van der Waals surface area (Å²) in [6.07, 6.45) is 5.53. The Morgan fingerprint density at radius 2 is 2.19 bits per heavy atom. The maximum atomic E-state index is 5.22. The number of nitrogens with one attached hydrogen (secondary N) is 1. The van der Waals surface area contributed by atoms with Gasteiger partial charge in [-0.3, -0.25) is 0 Å². The molecule has 0 radical (unpaired) electrons. The van der Waals surface area contributed by atoms with Gasteiger partial charge in [-0.2, -0.15) is 0 Å². The van der Waals surface area contributed by atoms with Crippen molar-refractivity contribution in [1.82, 2.24) is 10.2 Å². The van der Waals surface area contributed by atoms with Gasteiger partial charge in [-0.15, -0.1) is 0 Å². The van der Waals surface area contributed by atoms with Crippen LogP contribution in [-0.2, 0) is 4.74 Å². The van der Waals surface area contributed by atoms with Crippen molar-refractivity contribution >= 4 is 0 Å². The Bertz CT molecular complexity index is 187. The molecule has 1 aliphatic carbocycles. The van der Waals surface area contributed by atoms with Crippen LogP contribution in [0.3, 0.4) is 0 Å². The summed E-state index contributed by atoms with van der Waals surface area (Å²) in [5.74, 6) is 0.900. The molecule has 1 fully saturated rings. The molecule has 3 heteroatoms. The number of ether oxygens (including phenoxy) is 1. The monoisotopic (exact) mass is 228 g/mol. The zero-order chi connectivity index (χ0) is 12.0. The van der Waals surface area contributed by atoms with E-state index in [-0.39, 0.29) is 0 Å². The summed E-state index contributed by atoms with van der Waals surface area (Å²) in [5, 5.41) is 3.32. The molecule has 0 saturated heterocycles. The van der Waals surface area contributed by atoms with Gasteiger partial charge in [-0.25, -0.2) is 0 Å². The van der Waals surface area contributed by atoms with E-state index in [9.17, 15) is 0 Å². The molecule has 3 unspecified atom stereocenters. The fourth-order valence-corrected chi connectivity index (χ4v) is 2.73. The van der Waals surface area contributed by atoms with Gasteiger partial charge in [0.05, 0.1) is 6.61 Å². The van der Waals surface area contributed by atoms with Crippen molar-refractivity contribution in [3.8, 4) is 0 Å². The Kier molecular flexibility index (Phi) is 6.32. The molecule has 1 N–H and O–H groups in total. The minimum atomic E-state index is 0.451. The first-order valence-electron chi connectivity index (χ1n) is 6.53. The van der Waals surface area contributed by atoms with E-state index in [1.54, 1.807) is 7.11 Å². The lowest BCUT2D eigenvalue weighted by molar-refractivity contribution is 0.114. The van der Waals surface area contributed by atoms with Crippen LogP contribution in [0.2, 0.25) is 0 Å². The van der Waals surface area contributed by atoms with E-state index in [2.05, 4.69) is 24.2 Å². The Morgan fingerprint density at radius 3 is 2.75 bits per heavy atom. The average molecular weight is 228 g/mol. The van der Waals surface area contributed by atoms with Gasteiger partial charge in [0.25, 0.3) is 0 Å². The second-order valence-corrected chi connectivity index (χ2v) is 5.31. The van der Waals surface area contributed by atoms with Crippen LogP contribution in [0.15, 0.2) is 0 Å². The van der Waals surface area contributed by atoms with Crippen molar-refractivity contribution in [3.05, 3.63) is 0 Å². The third-order valence-electron chi connectivity index (χ3n) is 3.82. The first-order valence-corrected chi connectivity index (χ1v) is 6.53. The number of likely N-dealkylation sites (N-methyl/N-ethyl adjacent to an activating group) is 2. The lowest BCUT2D eigenvalue weighted by Gasteiger charge is -2.35. The van der Waals surface area contributed by atoms with Gasteiger partial charge in [-0.1, -0.05) is 19.8 Å². The third-order valence-corrected chi connectivity index (χ3v) is 3.82. The van der Waals surface area contributed by atoms with Gasteiger partial charge in [0.15, 0.2) is 0 Å². The van der Waals surface area contributed by atoms with Crippen molar-refractivity contribution in [2.24, 2.45) is 5.92 Å². The van der Waals surface area contributed by atoms with Crippen LogP contribution in [0.1, 0.15) is 32.6 Å². The quantitative estimate of drug-likeness (QED) is 0.749. The summed E-state index contributed by atoms with van der Waals surface area (Å²) in [4.78, 5) is 2.51. The maximum Gasteiger partial charge on any atom is 0.0628 e. The van der Waals surface area contributed by atoms with Crippen molar-refractivity contribution in [2.45, 2.75) is 44.7 Å². The predicted octanol–water partition coefficient (Wildman–Crippen LogP) is 1.73. The molecule has 1 aliphatic rings. The van der Waals surface area contributed by atoms with Crippen LogP contribution in [0.4, 0.5) is 0 Å². The first-order chi connectivity index (χ1) is 7.67. The fraction of sp³-hybridized carbons (Fsp3) is 1.00. The lowest BCUT2D eigenvalue weighted by atomic mass is 9.86. The molecule has 0 spiro atoms. The van der Waals surface area contributed by atoms with Crippen LogP contribution < -0.4 is 5.32 Å². The topological polar surface area (TPSA) is 24.5 Å². The first kappa shape index (κ1) is 13.9. The zero-order valence-corrected chi connectivity index (χ0v) is 11.3. The highest BCUT2D eigenvalue weighted by Crippen LogP contribution is 2.26. The normalized spacial score (nSPS) is 28.3. The molecular formula is C13H28N2O. The van der Waals surface area contributed by atoms with Crippen LogP contribution >= 0.6 is 0 Å². The second-order valence-electron chi connectivity index (χ2n) is 5.31. The van der Waals surface area contributed by atoms with E-state index in [1.165, 1.54) is 25.7 Å². The molecule has 0 aliphatic heterocycles. The van der Waals surface area contributed by atoms with E-state index in [4.69, 9.17) is 4.74 Å². The molecule has 0 aromatic rings. The SMILES string of the molecule is CNC(COC)CN(C)C1CCCC(C)C1. The summed E-state index contributed by atoms with van der Waals surface area (Å²) < 4.78 is 5.22. The summed E-state index contributed by atoms with van der Waals surface area (Å²) >= 11 is 0. The number of rotatable bonds is 6. The summed E-state index contributed by atoms with van der Waals surface area (Å²) in [7, 11) is 6.04. The van der Waals surface area contributed by atoms with Crippen molar-refractivity contribution in [2.75, 3.05) is 34.4 Å². The lowest BCUT2D eigenvalue weighted by Crippen LogP contribution is -2.45. The molecule has 3 atom stereocenters. The summed E-state index contributed by atoms with van der Waals surface area (Å²) in [6, 6.07) is 1.23. The molecule has 0 heterocycles. The summed E-state index contributed by atoms with van der Waals surface area (Å²) in [5.41, 5.74) is 0. The van der Waals surface area contributed by atoms with E-state index < -0.39 is 0 Å². The molecule has 1 saturated carbocycles. The van der Waals surface area contributed by atoms with E-state index >= 15 is 0 Å². The molecule has 3 nitrogen and oxygen atoms in total. The Hall–Kier alpha value is -0.120. The molecule has 16 heavy (non-hydrogen) atoms. The average Bonchev–Trinajstić information content (AvgIpc) is 2.28. The van der Waals surface area contributed by atoms with Crippen LogP contribution in [0.25, 0.3) is 0 Å². The third kappa shape index (κ3) is 4.40. The van der Waals surface area contributed by atoms with Gasteiger partial charge in [0.1, 0.15) is 0 Å². The molecule has 0 amide bonds. The maximum absolute atomic E-state index is 5.22. The van der Waals surface area contributed by atoms with Crippen molar-refractivity contribution < 1.29 is 4.74 Å². The van der Waals surface area contributed by atoms with Crippen molar-refractivity contribution in [3.63, 3.8) is 0 Å². The van der Waals surface area contributed by atoms with Crippen LogP contribution in [0.5, 0.6) is 0 Å². The van der Waals surface area contributed by atoms with Crippen molar-refractivity contribution in [1.29, 1.82) is 0 Å².